The lowest BCUT2D eigenvalue weighted by Gasteiger charge is -2.50. The zero-order valence-corrected chi connectivity index (χ0v) is 11.8. The van der Waals surface area contributed by atoms with Crippen molar-refractivity contribution in [1.29, 1.82) is 0 Å². The second kappa shape index (κ2) is 4.73. The Morgan fingerprint density at radius 2 is 2.14 bits per heavy atom. The Morgan fingerprint density at radius 1 is 1.33 bits per heavy atom. The molecular formula is C15H18N4O2. The number of hydrogen-bond acceptors (Lipinski definition) is 5. The van der Waals surface area contributed by atoms with Gasteiger partial charge in [0.25, 0.3) is 5.56 Å². The standard InChI is InChI=1S/C15H18N4O2/c1-21-13-4-11-10(15(20)18-7-17-11)3-12(13)19-14-8-2-9(14)6-16-5-8/h3-4,7-9,14,16,19H,2,5-6H2,1H3,(H,17,18,20)/t8-,9+,14-. The number of hydrogen-bond donors (Lipinski definition) is 3. The molecule has 6 nitrogen and oxygen atoms in total. The Hall–Kier alpha value is -2.08. The highest BCUT2D eigenvalue weighted by atomic mass is 16.5. The number of rotatable bonds is 3. The third-order valence-corrected chi connectivity index (χ3v) is 4.72. The minimum absolute atomic E-state index is 0.124. The molecule has 1 aliphatic heterocycles. The van der Waals surface area contributed by atoms with Crippen LogP contribution in [0.2, 0.25) is 0 Å². The van der Waals surface area contributed by atoms with Crippen LogP contribution >= 0.6 is 0 Å². The van der Waals surface area contributed by atoms with Crippen LogP contribution in [0.1, 0.15) is 6.42 Å². The van der Waals surface area contributed by atoms with Crippen molar-refractivity contribution in [2.24, 2.45) is 11.8 Å². The van der Waals surface area contributed by atoms with Crippen LogP contribution in [-0.2, 0) is 0 Å². The molecule has 1 aliphatic carbocycles. The summed E-state index contributed by atoms with van der Waals surface area (Å²) in [4.78, 5) is 18.7. The number of benzene rings is 1. The van der Waals surface area contributed by atoms with Crippen molar-refractivity contribution < 1.29 is 4.74 Å². The van der Waals surface area contributed by atoms with Gasteiger partial charge in [0.15, 0.2) is 0 Å². The van der Waals surface area contributed by atoms with Crippen molar-refractivity contribution in [2.45, 2.75) is 12.5 Å². The molecule has 1 aromatic carbocycles. The van der Waals surface area contributed by atoms with Gasteiger partial charge in [0, 0.05) is 12.1 Å². The molecule has 3 atom stereocenters. The van der Waals surface area contributed by atoms with Gasteiger partial charge in [-0.1, -0.05) is 0 Å². The van der Waals surface area contributed by atoms with Crippen LogP contribution in [0.3, 0.4) is 0 Å². The van der Waals surface area contributed by atoms with Gasteiger partial charge >= 0.3 is 0 Å². The molecule has 110 valence electrons. The van der Waals surface area contributed by atoms with E-state index in [0.29, 0.717) is 28.8 Å². The van der Waals surface area contributed by atoms with E-state index in [2.05, 4.69) is 20.6 Å². The van der Waals surface area contributed by atoms with Gasteiger partial charge < -0.3 is 20.4 Å². The van der Waals surface area contributed by atoms with Crippen molar-refractivity contribution in [2.75, 3.05) is 25.5 Å². The number of aromatic amines is 1. The van der Waals surface area contributed by atoms with Gasteiger partial charge in [-0.25, -0.2) is 4.98 Å². The minimum Gasteiger partial charge on any atom is -0.495 e. The van der Waals surface area contributed by atoms with E-state index in [4.69, 9.17) is 4.74 Å². The second-order valence-corrected chi connectivity index (χ2v) is 5.89. The fourth-order valence-electron chi connectivity index (χ4n) is 3.54. The summed E-state index contributed by atoms with van der Waals surface area (Å²) in [7, 11) is 1.64. The summed E-state index contributed by atoms with van der Waals surface area (Å²) in [5, 5.41) is 7.59. The maximum Gasteiger partial charge on any atom is 0.258 e. The third kappa shape index (κ3) is 1.98. The number of aromatic nitrogens is 2. The molecule has 21 heavy (non-hydrogen) atoms. The molecule has 3 N–H and O–H groups in total. The summed E-state index contributed by atoms with van der Waals surface area (Å²) in [6, 6.07) is 4.13. The molecular weight excluding hydrogens is 268 g/mol. The number of fused-ring (bicyclic) bond motifs is 3. The maximum absolute atomic E-state index is 11.9. The van der Waals surface area contributed by atoms with Gasteiger partial charge in [0.1, 0.15) is 5.75 Å². The Kier molecular flexibility index (Phi) is 2.85. The summed E-state index contributed by atoms with van der Waals surface area (Å²) in [6.07, 6.45) is 2.70. The lowest BCUT2D eigenvalue weighted by molar-refractivity contribution is 0.109. The van der Waals surface area contributed by atoms with E-state index in [1.54, 1.807) is 7.11 Å². The largest absolute Gasteiger partial charge is 0.495 e. The molecule has 1 saturated carbocycles. The average molecular weight is 286 g/mol. The molecule has 0 unspecified atom stereocenters. The second-order valence-electron chi connectivity index (χ2n) is 5.89. The van der Waals surface area contributed by atoms with E-state index in [0.717, 1.165) is 24.5 Å². The number of H-pyrrole nitrogens is 1. The van der Waals surface area contributed by atoms with Crippen LogP contribution in [-0.4, -0.2) is 36.2 Å². The lowest BCUT2D eigenvalue weighted by atomic mass is 9.67. The predicted molar refractivity (Wildman–Crippen MR) is 80.8 cm³/mol. The van der Waals surface area contributed by atoms with Gasteiger partial charge in [0.2, 0.25) is 0 Å². The van der Waals surface area contributed by atoms with Crippen molar-refractivity contribution in [3.8, 4) is 5.75 Å². The smallest absolute Gasteiger partial charge is 0.258 e. The first-order valence-electron chi connectivity index (χ1n) is 7.29. The van der Waals surface area contributed by atoms with Crippen LogP contribution < -0.4 is 20.9 Å². The van der Waals surface area contributed by atoms with Gasteiger partial charge in [-0.15, -0.1) is 0 Å². The Balaban J connectivity index is 1.73. The maximum atomic E-state index is 11.9. The van der Waals surface area contributed by atoms with E-state index in [1.165, 1.54) is 12.7 Å². The molecule has 2 aromatic rings. The fourth-order valence-corrected chi connectivity index (χ4v) is 3.54. The minimum atomic E-state index is -0.124. The molecule has 1 saturated heterocycles. The number of methoxy groups -OCH3 is 1. The Labute approximate surface area is 121 Å². The molecule has 4 rings (SSSR count). The molecule has 1 aromatic heterocycles. The molecule has 2 heterocycles. The van der Waals surface area contributed by atoms with Crippen LogP contribution in [0.4, 0.5) is 5.69 Å². The zero-order valence-electron chi connectivity index (χ0n) is 11.8. The van der Waals surface area contributed by atoms with Gasteiger partial charge in [0.05, 0.1) is 30.0 Å². The number of anilines is 1. The van der Waals surface area contributed by atoms with Crippen LogP contribution in [0.15, 0.2) is 23.3 Å². The Morgan fingerprint density at radius 3 is 2.86 bits per heavy atom. The van der Waals surface area contributed by atoms with E-state index in [-0.39, 0.29) is 5.56 Å². The Bertz CT molecular complexity index is 728. The van der Waals surface area contributed by atoms with Gasteiger partial charge in [-0.2, -0.15) is 0 Å². The molecule has 0 radical (unpaired) electrons. The lowest BCUT2D eigenvalue weighted by Crippen LogP contribution is -2.59. The molecule has 2 bridgehead atoms. The molecule has 2 aliphatic rings. The highest BCUT2D eigenvalue weighted by Gasteiger charge is 2.43. The average Bonchev–Trinajstić information content (AvgIpc) is 2.53. The predicted octanol–water partition coefficient (Wildman–Crippen LogP) is 0.951. The quantitative estimate of drug-likeness (QED) is 0.783. The summed E-state index contributed by atoms with van der Waals surface area (Å²) in [5.74, 6) is 2.06. The van der Waals surface area contributed by atoms with Gasteiger partial charge in [-0.05, 0) is 37.4 Å². The highest BCUT2D eigenvalue weighted by molar-refractivity contribution is 5.85. The van der Waals surface area contributed by atoms with Crippen molar-refractivity contribution in [3.05, 3.63) is 28.8 Å². The summed E-state index contributed by atoms with van der Waals surface area (Å²) >= 11 is 0. The van der Waals surface area contributed by atoms with Crippen LogP contribution in [0.25, 0.3) is 10.9 Å². The molecule has 2 fully saturated rings. The van der Waals surface area contributed by atoms with Crippen LogP contribution in [0.5, 0.6) is 5.75 Å². The highest BCUT2D eigenvalue weighted by Crippen LogP contribution is 2.40. The number of ether oxygens (including phenoxy) is 1. The van der Waals surface area contributed by atoms with E-state index >= 15 is 0 Å². The van der Waals surface area contributed by atoms with E-state index in [9.17, 15) is 4.79 Å². The topological polar surface area (TPSA) is 79.0 Å². The summed E-state index contributed by atoms with van der Waals surface area (Å²) in [5.41, 5.74) is 1.41. The van der Waals surface area contributed by atoms with E-state index in [1.807, 2.05) is 12.1 Å². The molecule has 0 spiro atoms. The third-order valence-electron chi connectivity index (χ3n) is 4.72. The van der Waals surface area contributed by atoms with Crippen molar-refractivity contribution >= 4 is 16.6 Å². The fraction of sp³-hybridized carbons (Fsp3) is 0.467. The van der Waals surface area contributed by atoms with Crippen LogP contribution in [0, 0.1) is 11.8 Å². The van der Waals surface area contributed by atoms with Crippen molar-refractivity contribution in [3.63, 3.8) is 0 Å². The molecule has 6 heteroatoms. The number of piperidine rings is 2. The first-order valence-corrected chi connectivity index (χ1v) is 7.29. The zero-order chi connectivity index (χ0) is 14.4. The molecule has 0 amide bonds. The number of nitrogens with one attached hydrogen (secondary N) is 3. The first kappa shape index (κ1) is 12.6. The van der Waals surface area contributed by atoms with Crippen molar-refractivity contribution in [1.82, 2.24) is 15.3 Å². The SMILES string of the molecule is COc1cc2nc[nH]c(=O)c2cc1N[C@H]1[C@@H]2CNC[C@H]1C2. The summed E-state index contributed by atoms with van der Waals surface area (Å²) in [6.45, 7) is 2.12. The first-order chi connectivity index (χ1) is 10.3. The van der Waals surface area contributed by atoms with E-state index < -0.39 is 0 Å². The van der Waals surface area contributed by atoms with Gasteiger partial charge in [-0.3, -0.25) is 4.79 Å². The normalized spacial score (nSPS) is 27.2. The monoisotopic (exact) mass is 286 g/mol. The summed E-state index contributed by atoms with van der Waals surface area (Å²) < 4.78 is 5.45. The number of nitrogens with zero attached hydrogens (tertiary/aromatic N) is 1.